The zero-order chi connectivity index (χ0) is 9.73. The van der Waals surface area contributed by atoms with Gasteiger partial charge in [0.05, 0.1) is 17.6 Å². The first kappa shape index (κ1) is 10.5. The van der Waals surface area contributed by atoms with E-state index < -0.39 is 11.5 Å². The number of rotatable bonds is 2. The Morgan fingerprint density at radius 3 is 2.23 bits per heavy atom. The van der Waals surface area contributed by atoms with Gasteiger partial charge in [0, 0.05) is 0 Å². The highest BCUT2D eigenvalue weighted by Gasteiger charge is 2.37. The fourth-order valence-electron chi connectivity index (χ4n) is 2.27. The Bertz CT molecular complexity index is 187. The fraction of sp³-hybridized carbons (Fsp3) is 0.909. The van der Waals surface area contributed by atoms with Gasteiger partial charge in [-0.05, 0) is 19.3 Å². The van der Waals surface area contributed by atoms with Crippen LogP contribution in [0.15, 0.2) is 0 Å². The summed E-state index contributed by atoms with van der Waals surface area (Å²) in [5.41, 5.74) is -0.425. The molecule has 0 amide bonds. The molecule has 1 unspecified atom stereocenters. The maximum absolute atomic E-state index is 9.84. The molecule has 2 nitrogen and oxygen atoms in total. The van der Waals surface area contributed by atoms with Gasteiger partial charge in [-0.2, -0.15) is 5.26 Å². The van der Waals surface area contributed by atoms with Gasteiger partial charge >= 0.3 is 0 Å². The second kappa shape index (κ2) is 4.62. The number of hydrogen-bond donors (Lipinski definition) is 1. The molecule has 2 heteroatoms. The van der Waals surface area contributed by atoms with E-state index in [1.165, 1.54) is 12.8 Å². The molecular formula is C11H19NO. The van der Waals surface area contributed by atoms with Gasteiger partial charge < -0.3 is 5.11 Å². The van der Waals surface area contributed by atoms with Crippen molar-refractivity contribution in [3.8, 4) is 6.07 Å². The van der Waals surface area contributed by atoms with Crippen molar-refractivity contribution in [1.82, 2.24) is 0 Å². The van der Waals surface area contributed by atoms with Crippen molar-refractivity contribution in [2.75, 3.05) is 0 Å². The molecular weight excluding hydrogens is 162 g/mol. The van der Waals surface area contributed by atoms with Gasteiger partial charge in [-0.3, -0.25) is 0 Å². The standard InChI is InChI=1S/C11H19NO/c1-2-10(13)11(9-12)7-5-3-4-6-8-11/h10,13H,2-8H2,1H3. The van der Waals surface area contributed by atoms with Gasteiger partial charge in [-0.25, -0.2) is 0 Å². The highest BCUT2D eigenvalue weighted by Crippen LogP contribution is 2.38. The summed E-state index contributed by atoms with van der Waals surface area (Å²) in [6, 6.07) is 2.36. The summed E-state index contributed by atoms with van der Waals surface area (Å²) in [7, 11) is 0. The van der Waals surface area contributed by atoms with Crippen molar-refractivity contribution in [3.63, 3.8) is 0 Å². The van der Waals surface area contributed by atoms with Crippen molar-refractivity contribution in [2.24, 2.45) is 5.41 Å². The molecule has 1 atom stereocenters. The minimum Gasteiger partial charge on any atom is -0.391 e. The minimum absolute atomic E-state index is 0.421. The Balaban J connectivity index is 2.71. The van der Waals surface area contributed by atoms with Crippen LogP contribution in [0, 0.1) is 16.7 Å². The van der Waals surface area contributed by atoms with Crippen LogP contribution >= 0.6 is 0 Å². The first-order valence-corrected chi connectivity index (χ1v) is 5.34. The van der Waals surface area contributed by atoms with Crippen molar-refractivity contribution < 1.29 is 5.11 Å². The molecule has 0 aromatic carbocycles. The predicted molar refractivity (Wildman–Crippen MR) is 52.0 cm³/mol. The molecule has 1 N–H and O–H groups in total. The Morgan fingerprint density at radius 2 is 1.85 bits per heavy atom. The van der Waals surface area contributed by atoms with Gasteiger partial charge in [-0.1, -0.05) is 32.6 Å². The Kier molecular flexibility index (Phi) is 3.74. The van der Waals surface area contributed by atoms with Gasteiger partial charge in [-0.15, -0.1) is 0 Å². The molecule has 0 saturated heterocycles. The summed E-state index contributed by atoms with van der Waals surface area (Å²) in [5.74, 6) is 0. The van der Waals surface area contributed by atoms with Crippen molar-refractivity contribution >= 4 is 0 Å². The van der Waals surface area contributed by atoms with Gasteiger partial charge in [0.15, 0.2) is 0 Å². The van der Waals surface area contributed by atoms with E-state index in [4.69, 9.17) is 5.26 Å². The van der Waals surface area contributed by atoms with E-state index in [-0.39, 0.29) is 0 Å². The maximum atomic E-state index is 9.84. The number of nitrogens with zero attached hydrogens (tertiary/aromatic N) is 1. The molecule has 13 heavy (non-hydrogen) atoms. The van der Waals surface area contributed by atoms with Crippen LogP contribution in [0.5, 0.6) is 0 Å². The third-order valence-corrected chi connectivity index (χ3v) is 3.24. The smallest absolute Gasteiger partial charge is 0.0832 e. The average Bonchev–Trinajstić information content (AvgIpc) is 2.42. The lowest BCUT2D eigenvalue weighted by molar-refractivity contribution is 0.0495. The molecule has 0 bridgehead atoms. The normalized spacial score (nSPS) is 24.4. The summed E-state index contributed by atoms with van der Waals surface area (Å²) in [6.07, 6.45) is 6.70. The monoisotopic (exact) mass is 181 g/mol. The molecule has 0 aromatic rings. The number of hydrogen-bond acceptors (Lipinski definition) is 2. The van der Waals surface area contributed by atoms with E-state index in [9.17, 15) is 5.11 Å². The fourth-order valence-corrected chi connectivity index (χ4v) is 2.27. The Morgan fingerprint density at radius 1 is 1.31 bits per heavy atom. The summed E-state index contributed by atoms with van der Waals surface area (Å²) < 4.78 is 0. The van der Waals surface area contributed by atoms with Gasteiger partial charge in [0.1, 0.15) is 0 Å². The van der Waals surface area contributed by atoms with Gasteiger partial charge in [0.25, 0.3) is 0 Å². The molecule has 1 aliphatic rings. The summed E-state index contributed by atoms with van der Waals surface area (Å²) in [6.45, 7) is 1.95. The van der Waals surface area contributed by atoms with Gasteiger partial charge in [0.2, 0.25) is 0 Å². The first-order valence-electron chi connectivity index (χ1n) is 5.34. The third kappa shape index (κ3) is 2.22. The van der Waals surface area contributed by atoms with Crippen LogP contribution in [0.1, 0.15) is 51.9 Å². The first-order chi connectivity index (χ1) is 6.25. The average molecular weight is 181 g/mol. The van der Waals surface area contributed by atoms with E-state index in [1.807, 2.05) is 6.92 Å². The quantitative estimate of drug-likeness (QED) is 0.665. The zero-order valence-corrected chi connectivity index (χ0v) is 8.42. The van der Waals surface area contributed by atoms with E-state index >= 15 is 0 Å². The second-order valence-corrected chi connectivity index (χ2v) is 4.11. The van der Waals surface area contributed by atoms with E-state index in [0.717, 1.165) is 25.7 Å². The lowest BCUT2D eigenvalue weighted by atomic mass is 9.76. The van der Waals surface area contributed by atoms with Crippen LogP contribution in [-0.4, -0.2) is 11.2 Å². The zero-order valence-electron chi connectivity index (χ0n) is 8.42. The summed E-state index contributed by atoms with van der Waals surface area (Å²) in [4.78, 5) is 0. The van der Waals surface area contributed by atoms with E-state index in [2.05, 4.69) is 6.07 Å². The van der Waals surface area contributed by atoms with Crippen LogP contribution in [0.25, 0.3) is 0 Å². The van der Waals surface area contributed by atoms with Crippen molar-refractivity contribution in [1.29, 1.82) is 5.26 Å². The SMILES string of the molecule is CCC(O)C1(C#N)CCCCCC1. The minimum atomic E-state index is -0.425. The number of nitriles is 1. The van der Waals surface area contributed by atoms with E-state index in [1.54, 1.807) is 0 Å². The summed E-state index contributed by atoms with van der Waals surface area (Å²) >= 11 is 0. The molecule has 1 saturated carbocycles. The molecule has 0 aliphatic heterocycles. The van der Waals surface area contributed by atoms with Crippen molar-refractivity contribution in [3.05, 3.63) is 0 Å². The number of aliphatic hydroxyl groups excluding tert-OH is 1. The largest absolute Gasteiger partial charge is 0.391 e. The van der Waals surface area contributed by atoms with E-state index in [0.29, 0.717) is 6.42 Å². The Hall–Kier alpha value is -0.550. The molecule has 74 valence electrons. The molecule has 1 aliphatic carbocycles. The third-order valence-electron chi connectivity index (χ3n) is 3.24. The molecule has 1 fully saturated rings. The molecule has 1 rings (SSSR count). The lowest BCUT2D eigenvalue weighted by Gasteiger charge is -2.29. The molecule has 0 radical (unpaired) electrons. The predicted octanol–water partition coefficient (Wildman–Crippen LogP) is 2.62. The van der Waals surface area contributed by atoms with Crippen LogP contribution in [0.3, 0.4) is 0 Å². The van der Waals surface area contributed by atoms with Crippen LogP contribution in [0.4, 0.5) is 0 Å². The summed E-state index contributed by atoms with van der Waals surface area (Å²) in [5, 5.41) is 19.0. The maximum Gasteiger partial charge on any atom is 0.0832 e. The topological polar surface area (TPSA) is 44.0 Å². The molecule has 0 heterocycles. The highest BCUT2D eigenvalue weighted by molar-refractivity contribution is 5.03. The van der Waals surface area contributed by atoms with Crippen LogP contribution in [0.2, 0.25) is 0 Å². The van der Waals surface area contributed by atoms with Crippen LogP contribution < -0.4 is 0 Å². The highest BCUT2D eigenvalue weighted by atomic mass is 16.3. The molecule has 0 aromatic heterocycles. The Labute approximate surface area is 80.6 Å². The second-order valence-electron chi connectivity index (χ2n) is 4.11. The number of aliphatic hydroxyl groups is 1. The van der Waals surface area contributed by atoms with Crippen molar-refractivity contribution in [2.45, 2.75) is 58.0 Å². The van der Waals surface area contributed by atoms with Crippen LogP contribution in [-0.2, 0) is 0 Å². The molecule has 0 spiro atoms. The lowest BCUT2D eigenvalue weighted by Crippen LogP contribution is -2.32.